The van der Waals surface area contributed by atoms with Crippen molar-refractivity contribution in [3.05, 3.63) is 36.0 Å². The molecule has 1 aliphatic rings. The molecule has 0 radical (unpaired) electrons. The van der Waals surface area contributed by atoms with Gasteiger partial charge in [0.25, 0.3) is 0 Å². The van der Waals surface area contributed by atoms with Crippen LogP contribution in [0.4, 0.5) is 0 Å². The van der Waals surface area contributed by atoms with Gasteiger partial charge in [0.1, 0.15) is 11.4 Å². The highest BCUT2D eigenvalue weighted by atomic mass is 16.5. The Morgan fingerprint density at radius 3 is 2.79 bits per heavy atom. The highest BCUT2D eigenvalue weighted by Crippen LogP contribution is 2.27. The van der Waals surface area contributed by atoms with Gasteiger partial charge in [0.15, 0.2) is 5.76 Å². The standard InChI is InChI=1S/C15H18N2O2/c1-18-12-7-5-11(6-8-12)15-10-14(17-19-15)13-4-2-3-9-16-13/h5-8,10,13,16H,2-4,9H2,1H3. The molecule has 1 unspecified atom stereocenters. The van der Waals surface area contributed by atoms with Crippen molar-refractivity contribution in [2.45, 2.75) is 25.3 Å². The average molecular weight is 258 g/mol. The van der Waals surface area contributed by atoms with Crippen LogP contribution >= 0.6 is 0 Å². The van der Waals surface area contributed by atoms with Gasteiger partial charge in [0, 0.05) is 11.6 Å². The monoisotopic (exact) mass is 258 g/mol. The summed E-state index contributed by atoms with van der Waals surface area (Å²) in [6.45, 7) is 1.06. The van der Waals surface area contributed by atoms with Crippen molar-refractivity contribution < 1.29 is 9.26 Å². The second kappa shape index (κ2) is 5.45. The van der Waals surface area contributed by atoms with Crippen LogP contribution in [0.25, 0.3) is 11.3 Å². The fraction of sp³-hybridized carbons (Fsp3) is 0.400. The molecule has 0 saturated carbocycles. The number of ether oxygens (including phenoxy) is 1. The number of nitrogens with zero attached hydrogens (tertiary/aromatic N) is 1. The van der Waals surface area contributed by atoms with Gasteiger partial charge in [-0.05, 0) is 43.7 Å². The van der Waals surface area contributed by atoms with Crippen molar-refractivity contribution in [1.29, 1.82) is 0 Å². The summed E-state index contributed by atoms with van der Waals surface area (Å²) in [6.07, 6.45) is 3.64. The van der Waals surface area contributed by atoms with Crippen LogP contribution in [0.1, 0.15) is 31.0 Å². The molecule has 1 N–H and O–H groups in total. The highest BCUT2D eigenvalue weighted by Gasteiger charge is 2.19. The number of methoxy groups -OCH3 is 1. The molecule has 1 aromatic heterocycles. The van der Waals surface area contributed by atoms with Crippen LogP contribution < -0.4 is 10.1 Å². The maximum absolute atomic E-state index is 5.45. The van der Waals surface area contributed by atoms with Gasteiger partial charge in [0.2, 0.25) is 0 Å². The first kappa shape index (κ1) is 12.2. The third kappa shape index (κ3) is 2.63. The Bertz CT molecular complexity index is 527. The van der Waals surface area contributed by atoms with Gasteiger partial charge in [-0.2, -0.15) is 0 Å². The fourth-order valence-electron chi connectivity index (χ4n) is 2.45. The first-order valence-corrected chi connectivity index (χ1v) is 6.71. The molecule has 4 heteroatoms. The molecule has 1 fully saturated rings. The van der Waals surface area contributed by atoms with Gasteiger partial charge in [-0.15, -0.1) is 0 Å². The maximum Gasteiger partial charge on any atom is 0.167 e. The van der Waals surface area contributed by atoms with Crippen LogP contribution in [0.2, 0.25) is 0 Å². The molecular weight excluding hydrogens is 240 g/mol. The van der Waals surface area contributed by atoms with E-state index in [9.17, 15) is 0 Å². The molecule has 1 atom stereocenters. The lowest BCUT2D eigenvalue weighted by molar-refractivity contribution is 0.368. The second-order valence-electron chi connectivity index (χ2n) is 4.85. The molecule has 2 heterocycles. The summed E-state index contributed by atoms with van der Waals surface area (Å²) in [5.41, 5.74) is 2.03. The van der Waals surface area contributed by atoms with E-state index >= 15 is 0 Å². The molecule has 3 rings (SSSR count). The van der Waals surface area contributed by atoms with Crippen LogP contribution in [-0.2, 0) is 0 Å². The topological polar surface area (TPSA) is 47.3 Å². The average Bonchev–Trinajstić information content (AvgIpc) is 2.98. The molecule has 19 heavy (non-hydrogen) atoms. The van der Waals surface area contributed by atoms with Crippen molar-refractivity contribution in [3.8, 4) is 17.1 Å². The third-order valence-electron chi connectivity index (χ3n) is 3.57. The summed E-state index contributed by atoms with van der Waals surface area (Å²) >= 11 is 0. The quantitative estimate of drug-likeness (QED) is 0.918. The van der Waals surface area contributed by atoms with E-state index in [1.807, 2.05) is 30.3 Å². The predicted octanol–water partition coefficient (Wildman–Crippen LogP) is 3.16. The van der Waals surface area contributed by atoms with E-state index in [0.717, 1.165) is 35.7 Å². The molecule has 100 valence electrons. The largest absolute Gasteiger partial charge is 0.497 e. The van der Waals surface area contributed by atoms with Crippen LogP contribution in [0.5, 0.6) is 5.75 Å². The van der Waals surface area contributed by atoms with E-state index in [1.54, 1.807) is 7.11 Å². The smallest absolute Gasteiger partial charge is 0.167 e. The van der Waals surface area contributed by atoms with Crippen molar-refractivity contribution in [2.75, 3.05) is 13.7 Å². The Hall–Kier alpha value is -1.81. The summed E-state index contributed by atoms with van der Waals surface area (Å²) in [5, 5.41) is 7.67. The third-order valence-corrected chi connectivity index (χ3v) is 3.57. The zero-order valence-electron chi connectivity index (χ0n) is 11.1. The van der Waals surface area contributed by atoms with Crippen molar-refractivity contribution in [2.24, 2.45) is 0 Å². The summed E-state index contributed by atoms with van der Waals surface area (Å²) < 4.78 is 10.6. The Labute approximate surface area is 112 Å². The second-order valence-corrected chi connectivity index (χ2v) is 4.85. The Kier molecular flexibility index (Phi) is 3.51. The molecule has 4 nitrogen and oxygen atoms in total. The van der Waals surface area contributed by atoms with Crippen LogP contribution in [0.15, 0.2) is 34.9 Å². The lowest BCUT2D eigenvalue weighted by Gasteiger charge is -2.20. The Morgan fingerprint density at radius 2 is 2.11 bits per heavy atom. The molecule has 0 aliphatic carbocycles. The van der Waals surface area contributed by atoms with E-state index in [-0.39, 0.29) is 0 Å². The fourth-order valence-corrected chi connectivity index (χ4v) is 2.45. The number of piperidine rings is 1. The van der Waals surface area contributed by atoms with Crippen molar-refractivity contribution >= 4 is 0 Å². The van der Waals surface area contributed by atoms with Gasteiger partial charge >= 0.3 is 0 Å². The summed E-state index contributed by atoms with van der Waals surface area (Å²) in [4.78, 5) is 0. The normalized spacial score (nSPS) is 19.3. The zero-order valence-corrected chi connectivity index (χ0v) is 11.1. The molecule has 0 spiro atoms. The summed E-state index contributed by atoms with van der Waals surface area (Å²) in [7, 11) is 1.66. The van der Waals surface area contributed by atoms with Crippen molar-refractivity contribution in [3.63, 3.8) is 0 Å². The van der Waals surface area contributed by atoms with Crippen LogP contribution in [0.3, 0.4) is 0 Å². The van der Waals surface area contributed by atoms with E-state index in [4.69, 9.17) is 9.26 Å². The van der Waals surface area contributed by atoms with Gasteiger partial charge in [-0.3, -0.25) is 0 Å². The van der Waals surface area contributed by atoms with E-state index in [1.165, 1.54) is 12.8 Å². The van der Waals surface area contributed by atoms with Crippen molar-refractivity contribution in [1.82, 2.24) is 10.5 Å². The van der Waals surface area contributed by atoms with E-state index < -0.39 is 0 Å². The van der Waals surface area contributed by atoms with Gasteiger partial charge in [-0.25, -0.2) is 0 Å². The molecule has 1 aromatic carbocycles. The minimum absolute atomic E-state index is 0.337. The van der Waals surface area contributed by atoms with Gasteiger partial charge < -0.3 is 14.6 Å². The number of benzene rings is 1. The highest BCUT2D eigenvalue weighted by molar-refractivity contribution is 5.58. The van der Waals surface area contributed by atoms with E-state index in [2.05, 4.69) is 10.5 Å². The number of hydrogen-bond acceptors (Lipinski definition) is 4. The molecular formula is C15H18N2O2. The Morgan fingerprint density at radius 1 is 1.26 bits per heavy atom. The first-order chi connectivity index (χ1) is 9.36. The summed E-state index contributed by atoms with van der Waals surface area (Å²) in [5.74, 6) is 1.66. The number of aromatic nitrogens is 1. The minimum Gasteiger partial charge on any atom is -0.497 e. The Balaban J connectivity index is 1.79. The lowest BCUT2D eigenvalue weighted by Crippen LogP contribution is -2.26. The van der Waals surface area contributed by atoms with E-state index in [0.29, 0.717) is 6.04 Å². The minimum atomic E-state index is 0.337. The predicted molar refractivity (Wildman–Crippen MR) is 73.1 cm³/mol. The molecule has 0 amide bonds. The van der Waals surface area contributed by atoms with Crippen LogP contribution in [0, 0.1) is 0 Å². The number of nitrogens with one attached hydrogen (secondary N) is 1. The van der Waals surface area contributed by atoms with Gasteiger partial charge in [-0.1, -0.05) is 11.6 Å². The molecule has 0 bridgehead atoms. The zero-order chi connectivity index (χ0) is 13.1. The van der Waals surface area contributed by atoms with Gasteiger partial charge in [0.05, 0.1) is 13.2 Å². The molecule has 1 aliphatic heterocycles. The number of rotatable bonds is 3. The lowest BCUT2D eigenvalue weighted by atomic mass is 10.0. The molecule has 2 aromatic rings. The summed E-state index contributed by atoms with van der Waals surface area (Å²) in [6, 6.07) is 10.2. The molecule has 1 saturated heterocycles. The van der Waals surface area contributed by atoms with Crippen LogP contribution in [-0.4, -0.2) is 18.8 Å². The SMILES string of the molecule is COc1ccc(-c2cc(C3CCCCN3)no2)cc1. The first-order valence-electron chi connectivity index (χ1n) is 6.71. The number of hydrogen-bond donors (Lipinski definition) is 1. The maximum atomic E-state index is 5.45.